The molecule has 1 unspecified atom stereocenters. The fourth-order valence-corrected chi connectivity index (χ4v) is 2.25. The van der Waals surface area contributed by atoms with E-state index in [0.29, 0.717) is 4.88 Å². The van der Waals surface area contributed by atoms with Crippen LogP contribution < -0.4 is 5.32 Å². The number of thiophene rings is 1. The highest BCUT2D eigenvalue weighted by Crippen LogP contribution is 2.19. The maximum absolute atomic E-state index is 11.5. The quantitative estimate of drug-likeness (QED) is 0.812. The molecule has 0 bridgehead atoms. The molecule has 0 saturated carbocycles. The van der Waals surface area contributed by atoms with Crippen LogP contribution in [0.15, 0.2) is 15.9 Å². The van der Waals surface area contributed by atoms with Crippen LogP contribution in [-0.2, 0) is 4.79 Å². The standard InChI is InChI=1S/C9H10BrNO3S/c1-5(9(13)14)11-3-7(12)8-2-6(10)4-15-8/h2,4-5,11H,3H2,1H3,(H,13,14). The van der Waals surface area contributed by atoms with Gasteiger partial charge in [-0.15, -0.1) is 11.3 Å². The van der Waals surface area contributed by atoms with Gasteiger partial charge >= 0.3 is 5.97 Å². The van der Waals surface area contributed by atoms with Gasteiger partial charge in [0.1, 0.15) is 6.04 Å². The zero-order valence-corrected chi connectivity index (χ0v) is 10.4. The Kier molecular flexibility index (Phi) is 4.44. The highest BCUT2D eigenvalue weighted by atomic mass is 79.9. The fourth-order valence-electron chi connectivity index (χ4n) is 0.879. The number of ketones is 1. The molecule has 0 amide bonds. The molecule has 6 heteroatoms. The Balaban J connectivity index is 2.47. The fraction of sp³-hybridized carbons (Fsp3) is 0.333. The predicted octanol–water partition coefficient (Wildman–Crippen LogP) is 1.76. The highest BCUT2D eigenvalue weighted by molar-refractivity contribution is 9.10. The molecule has 82 valence electrons. The lowest BCUT2D eigenvalue weighted by atomic mass is 10.3. The van der Waals surface area contributed by atoms with E-state index in [1.165, 1.54) is 18.3 Å². The third-order valence-electron chi connectivity index (χ3n) is 1.78. The lowest BCUT2D eigenvalue weighted by molar-refractivity contribution is -0.138. The van der Waals surface area contributed by atoms with Crippen molar-refractivity contribution in [3.05, 3.63) is 20.8 Å². The summed E-state index contributed by atoms with van der Waals surface area (Å²) in [4.78, 5) is 22.6. The number of hydrogen-bond acceptors (Lipinski definition) is 4. The van der Waals surface area contributed by atoms with E-state index in [2.05, 4.69) is 21.2 Å². The van der Waals surface area contributed by atoms with Crippen LogP contribution in [0.2, 0.25) is 0 Å². The third-order valence-corrected chi connectivity index (χ3v) is 3.51. The molecule has 1 aromatic rings. The van der Waals surface area contributed by atoms with Crippen LogP contribution >= 0.6 is 27.3 Å². The Morgan fingerprint density at radius 3 is 2.80 bits per heavy atom. The van der Waals surface area contributed by atoms with Crippen LogP contribution in [0.1, 0.15) is 16.6 Å². The molecule has 0 fully saturated rings. The van der Waals surface area contributed by atoms with Crippen LogP contribution in [0.3, 0.4) is 0 Å². The van der Waals surface area contributed by atoms with Crippen molar-refractivity contribution in [1.29, 1.82) is 0 Å². The summed E-state index contributed by atoms with van der Waals surface area (Å²) in [5, 5.41) is 13.0. The molecule has 0 aliphatic carbocycles. The van der Waals surface area contributed by atoms with Gasteiger partial charge < -0.3 is 5.11 Å². The van der Waals surface area contributed by atoms with Crippen molar-refractivity contribution in [2.75, 3.05) is 6.54 Å². The van der Waals surface area contributed by atoms with Gasteiger partial charge in [0.15, 0.2) is 5.78 Å². The van der Waals surface area contributed by atoms with Crippen molar-refractivity contribution in [2.45, 2.75) is 13.0 Å². The zero-order valence-electron chi connectivity index (χ0n) is 7.99. The van der Waals surface area contributed by atoms with Crippen molar-refractivity contribution < 1.29 is 14.7 Å². The van der Waals surface area contributed by atoms with Crippen molar-refractivity contribution in [1.82, 2.24) is 5.32 Å². The van der Waals surface area contributed by atoms with Crippen molar-refractivity contribution in [3.63, 3.8) is 0 Å². The van der Waals surface area contributed by atoms with Crippen molar-refractivity contribution >= 4 is 39.0 Å². The topological polar surface area (TPSA) is 66.4 Å². The minimum atomic E-state index is -0.963. The second kappa shape index (κ2) is 5.39. The van der Waals surface area contributed by atoms with E-state index >= 15 is 0 Å². The van der Waals surface area contributed by atoms with Gasteiger partial charge in [-0.3, -0.25) is 14.9 Å². The number of hydrogen-bond donors (Lipinski definition) is 2. The second-order valence-corrected chi connectivity index (χ2v) is 4.82. The number of carboxylic acids is 1. The second-order valence-electron chi connectivity index (χ2n) is 2.99. The molecule has 1 rings (SSSR count). The molecule has 0 aliphatic rings. The van der Waals surface area contributed by atoms with Crippen molar-refractivity contribution in [3.8, 4) is 0 Å². The summed E-state index contributed by atoms with van der Waals surface area (Å²) in [5.41, 5.74) is 0. The predicted molar refractivity (Wildman–Crippen MR) is 61.5 cm³/mol. The number of aliphatic carboxylic acids is 1. The lowest BCUT2D eigenvalue weighted by Gasteiger charge is -2.06. The number of carboxylic acid groups (broad SMARTS) is 1. The molecule has 0 saturated heterocycles. The Hall–Kier alpha value is -0.720. The van der Waals surface area contributed by atoms with Crippen LogP contribution in [0.25, 0.3) is 0 Å². The van der Waals surface area contributed by atoms with Crippen molar-refractivity contribution in [2.24, 2.45) is 0 Å². The summed E-state index contributed by atoms with van der Waals surface area (Å²) < 4.78 is 0.863. The molecule has 0 aliphatic heterocycles. The third kappa shape index (κ3) is 3.73. The van der Waals surface area contributed by atoms with Gasteiger partial charge in [-0.2, -0.15) is 0 Å². The van der Waals surface area contributed by atoms with Crippen LogP contribution in [0, 0.1) is 0 Å². The lowest BCUT2D eigenvalue weighted by Crippen LogP contribution is -2.37. The summed E-state index contributed by atoms with van der Waals surface area (Å²) in [6.07, 6.45) is 0. The van der Waals surface area contributed by atoms with E-state index < -0.39 is 12.0 Å². The first-order valence-electron chi connectivity index (χ1n) is 4.24. The maximum atomic E-state index is 11.5. The molecule has 1 heterocycles. The average molecular weight is 292 g/mol. The number of carbonyl (C=O) groups excluding carboxylic acids is 1. The number of Topliss-reactive ketones (excluding diaryl/α,β-unsaturated/α-hetero) is 1. The number of nitrogens with one attached hydrogen (secondary N) is 1. The van der Waals surface area contributed by atoms with Gasteiger partial charge in [-0.05, 0) is 28.9 Å². The molecule has 0 spiro atoms. The first-order valence-corrected chi connectivity index (χ1v) is 5.91. The Morgan fingerprint density at radius 1 is 1.67 bits per heavy atom. The summed E-state index contributed by atoms with van der Waals surface area (Å²) in [5.74, 6) is -1.06. The molecular weight excluding hydrogens is 282 g/mol. The number of halogens is 1. The maximum Gasteiger partial charge on any atom is 0.320 e. The molecule has 15 heavy (non-hydrogen) atoms. The van der Waals surface area contributed by atoms with Gasteiger partial charge in [0.05, 0.1) is 11.4 Å². The molecule has 4 nitrogen and oxygen atoms in total. The molecule has 1 aromatic heterocycles. The first kappa shape index (κ1) is 12.4. The first-order chi connectivity index (χ1) is 7.00. The van der Waals surface area contributed by atoms with E-state index in [-0.39, 0.29) is 12.3 Å². The number of carbonyl (C=O) groups is 2. The van der Waals surface area contributed by atoms with Crippen LogP contribution in [0.5, 0.6) is 0 Å². The zero-order chi connectivity index (χ0) is 11.4. The van der Waals surface area contributed by atoms with Crippen LogP contribution in [-0.4, -0.2) is 29.4 Å². The Morgan fingerprint density at radius 2 is 2.33 bits per heavy atom. The summed E-state index contributed by atoms with van der Waals surface area (Å²) >= 11 is 4.58. The van der Waals surface area contributed by atoms with Gasteiger partial charge in [-0.1, -0.05) is 0 Å². The Bertz CT molecular complexity index is 377. The normalized spacial score (nSPS) is 12.4. The van der Waals surface area contributed by atoms with E-state index in [1.54, 1.807) is 6.07 Å². The molecule has 0 radical (unpaired) electrons. The van der Waals surface area contributed by atoms with E-state index in [1.807, 2.05) is 5.38 Å². The molecular formula is C9H10BrNO3S. The SMILES string of the molecule is CC(NCC(=O)c1cc(Br)cs1)C(=O)O. The van der Waals surface area contributed by atoms with E-state index in [9.17, 15) is 9.59 Å². The smallest absolute Gasteiger partial charge is 0.320 e. The summed E-state index contributed by atoms with van der Waals surface area (Å²) in [6.45, 7) is 1.54. The van der Waals surface area contributed by atoms with Gasteiger partial charge in [0, 0.05) is 9.85 Å². The summed E-state index contributed by atoms with van der Waals surface area (Å²) in [7, 11) is 0. The molecule has 1 atom stereocenters. The van der Waals surface area contributed by atoms with Crippen LogP contribution in [0.4, 0.5) is 0 Å². The van der Waals surface area contributed by atoms with Gasteiger partial charge in [0.2, 0.25) is 0 Å². The average Bonchev–Trinajstić information content (AvgIpc) is 2.60. The highest BCUT2D eigenvalue weighted by Gasteiger charge is 2.13. The van der Waals surface area contributed by atoms with E-state index in [0.717, 1.165) is 4.47 Å². The minimum absolute atomic E-state index is 0.0421. The Labute approximate surface area is 99.4 Å². The van der Waals surface area contributed by atoms with Gasteiger partial charge in [0.25, 0.3) is 0 Å². The molecule has 0 aromatic carbocycles. The molecule has 2 N–H and O–H groups in total. The largest absolute Gasteiger partial charge is 0.480 e. The minimum Gasteiger partial charge on any atom is -0.480 e. The van der Waals surface area contributed by atoms with E-state index in [4.69, 9.17) is 5.11 Å². The van der Waals surface area contributed by atoms with Gasteiger partial charge in [-0.25, -0.2) is 0 Å². The monoisotopic (exact) mass is 291 g/mol. The number of rotatable bonds is 5. The summed E-state index contributed by atoms with van der Waals surface area (Å²) in [6, 6.07) is 1.01.